The summed E-state index contributed by atoms with van der Waals surface area (Å²) in [6, 6.07) is 33.8. The molecule has 2 aromatic heterocycles. The summed E-state index contributed by atoms with van der Waals surface area (Å²) < 4.78 is 0. The van der Waals surface area contributed by atoms with Gasteiger partial charge in [0.05, 0.1) is 5.39 Å². The van der Waals surface area contributed by atoms with Crippen molar-refractivity contribution in [2.75, 3.05) is 4.90 Å². The van der Waals surface area contributed by atoms with Crippen molar-refractivity contribution in [2.24, 2.45) is 0 Å². The van der Waals surface area contributed by atoms with Gasteiger partial charge in [0.2, 0.25) is 0 Å². The molecule has 0 aliphatic rings. The largest absolute Gasteiger partial charge is 0.347 e. The third-order valence-corrected chi connectivity index (χ3v) is 6.19. The van der Waals surface area contributed by atoms with Gasteiger partial charge in [-0.3, -0.25) is 0 Å². The Morgan fingerprint density at radius 1 is 0.667 bits per heavy atom. The summed E-state index contributed by atoms with van der Waals surface area (Å²) in [4.78, 5) is 13.9. The van der Waals surface area contributed by atoms with Gasteiger partial charge in [-0.1, -0.05) is 91.0 Å². The zero-order valence-corrected chi connectivity index (χ0v) is 17.3. The minimum Gasteiger partial charge on any atom is -0.347 e. The SMILES string of the molecule is c1ccc(CN(Cc2ccccc2)c2ncnc3sc(-c4ccccc4)cc23)cc1. The Hall–Kier alpha value is -3.50. The van der Waals surface area contributed by atoms with Gasteiger partial charge in [0, 0.05) is 18.0 Å². The third-order valence-electron chi connectivity index (χ3n) is 5.10. The van der Waals surface area contributed by atoms with Crippen molar-refractivity contribution >= 4 is 27.4 Å². The molecule has 0 radical (unpaired) electrons. The Morgan fingerprint density at radius 3 is 1.83 bits per heavy atom. The highest BCUT2D eigenvalue weighted by atomic mass is 32.1. The van der Waals surface area contributed by atoms with Crippen LogP contribution in [0.1, 0.15) is 11.1 Å². The third kappa shape index (κ3) is 3.95. The lowest BCUT2D eigenvalue weighted by atomic mass is 10.1. The average molecular weight is 408 g/mol. The van der Waals surface area contributed by atoms with Gasteiger partial charge < -0.3 is 4.90 Å². The Morgan fingerprint density at radius 2 is 1.23 bits per heavy atom. The van der Waals surface area contributed by atoms with E-state index in [1.807, 2.05) is 6.07 Å². The van der Waals surface area contributed by atoms with Crippen LogP contribution in [0.4, 0.5) is 5.82 Å². The molecule has 3 aromatic carbocycles. The monoisotopic (exact) mass is 407 g/mol. The predicted molar refractivity (Wildman–Crippen MR) is 126 cm³/mol. The number of fused-ring (bicyclic) bond motifs is 1. The van der Waals surface area contributed by atoms with Crippen molar-refractivity contribution in [3.63, 3.8) is 0 Å². The van der Waals surface area contributed by atoms with Gasteiger partial charge in [-0.15, -0.1) is 11.3 Å². The molecule has 0 bridgehead atoms. The first-order chi connectivity index (χ1) is 14.9. The molecule has 0 spiro atoms. The van der Waals surface area contributed by atoms with Crippen LogP contribution in [0.3, 0.4) is 0 Å². The highest BCUT2D eigenvalue weighted by molar-refractivity contribution is 7.21. The zero-order chi connectivity index (χ0) is 20.2. The van der Waals surface area contributed by atoms with Crippen LogP contribution in [0.5, 0.6) is 0 Å². The number of aromatic nitrogens is 2. The number of anilines is 1. The van der Waals surface area contributed by atoms with Crippen LogP contribution in [0.15, 0.2) is 103 Å². The first-order valence-electron chi connectivity index (χ1n) is 9.99. The normalized spacial score (nSPS) is 10.9. The first-order valence-corrected chi connectivity index (χ1v) is 10.8. The second-order valence-corrected chi connectivity index (χ2v) is 8.25. The van der Waals surface area contributed by atoms with E-state index in [-0.39, 0.29) is 0 Å². The smallest absolute Gasteiger partial charge is 0.141 e. The molecule has 0 atom stereocenters. The molecule has 146 valence electrons. The molecule has 30 heavy (non-hydrogen) atoms. The summed E-state index contributed by atoms with van der Waals surface area (Å²) in [5.41, 5.74) is 3.74. The standard InChI is InChI=1S/C26H21N3S/c1-4-10-20(11-5-1)17-29(18-21-12-6-2-7-13-21)25-23-16-24(22-14-8-3-9-15-22)30-26(23)28-19-27-25/h1-16,19H,17-18H2. The van der Waals surface area contributed by atoms with E-state index in [0.717, 1.165) is 29.1 Å². The van der Waals surface area contributed by atoms with Crippen LogP contribution in [0.25, 0.3) is 20.7 Å². The number of nitrogens with zero attached hydrogens (tertiary/aromatic N) is 3. The summed E-state index contributed by atoms with van der Waals surface area (Å²) in [5, 5.41) is 1.10. The van der Waals surface area contributed by atoms with Crippen LogP contribution < -0.4 is 4.90 Å². The topological polar surface area (TPSA) is 29.0 Å². The second kappa shape index (κ2) is 8.47. The van der Waals surface area contributed by atoms with Gasteiger partial charge in [0.1, 0.15) is 17.0 Å². The first kappa shape index (κ1) is 18.5. The molecule has 4 heteroatoms. The van der Waals surface area contributed by atoms with Crippen molar-refractivity contribution in [1.82, 2.24) is 9.97 Å². The summed E-state index contributed by atoms with van der Waals surface area (Å²) >= 11 is 1.72. The van der Waals surface area contributed by atoms with E-state index in [0.29, 0.717) is 0 Å². The van der Waals surface area contributed by atoms with Crippen molar-refractivity contribution in [3.8, 4) is 10.4 Å². The molecular weight excluding hydrogens is 386 g/mol. The molecule has 0 unspecified atom stereocenters. The second-order valence-electron chi connectivity index (χ2n) is 7.22. The van der Waals surface area contributed by atoms with E-state index >= 15 is 0 Å². The maximum absolute atomic E-state index is 4.73. The molecule has 2 heterocycles. The van der Waals surface area contributed by atoms with Crippen molar-refractivity contribution < 1.29 is 0 Å². The summed E-state index contributed by atoms with van der Waals surface area (Å²) in [5.74, 6) is 0.978. The maximum Gasteiger partial charge on any atom is 0.141 e. The Kier molecular flexibility index (Phi) is 5.23. The number of thiophene rings is 1. The molecule has 5 aromatic rings. The van der Waals surface area contributed by atoms with E-state index in [1.54, 1.807) is 17.7 Å². The molecule has 0 amide bonds. The minimum absolute atomic E-state index is 0.790. The lowest BCUT2D eigenvalue weighted by Crippen LogP contribution is -2.23. The number of hydrogen-bond donors (Lipinski definition) is 0. The molecule has 3 nitrogen and oxygen atoms in total. The number of benzene rings is 3. The predicted octanol–water partition coefficient (Wildman–Crippen LogP) is 6.57. The van der Waals surface area contributed by atoms with Crippen LogP contribution >= 0.6 is 11.3 Å². The van der Waals surface area contributed by atoms with Gasteiger partial charge in [0.25, 0.3) is 0 Å². The van der Waals surface area contributed by atoms with E-state index in [1.165, 1.54) is 21.6 Å². The van der Waals surface area contributed by atoms with Crippen molar-refractivity contribution in [1.29, 1.82) is 0 Å². The highest BCUT2D eigenvalue weighted by Crippen LogP contribution is 2.36. The molecule has 0 saturated carbocycles. The quantitative estimate of drug-likeness (QED) is 0.319. The Labute approximate surface area is 180 Å². The van der Waals surface area contributed by atoms with Crippen LogP contribution in [-0.2, 0) is 13.1 Å². The Bertz CT molecular complexity index is 1190. The van der Waals surface area contributed by atoms with E-state index < -0.39 is 0 Å². The fraction of sp³-hybridized carbons (Fsp3) is 0.0769. The summed E-state index contributed by atoms with van der Waals surface area (Å²) in [6.07, 6.45) is 1.69. The minimum atomic E-state index is 0.790. The van der Waals surface area contributed by atoms with Gasteiger partial charge in [0.15, 0.2) is 0 Å². The summed E-state index contributed by atoms with van der Waals surface area (Å²) in [6.45, 7) is 1.58. The molecule has 0 saturated heterocycles. The maximum atomic E-state index is 4.73. The number of rotatable bonds is 6. The van der Waals surface area contributed by atoms with Crippen LogP contribution in [-0.4, -0.2) is 9.97 Å². The molecule has 0 aliphatic heterocycles. The lowest BCUT2D eigenvalue weighted by molar-refractivity contribution is 0.786. The zero-order valence-electron chi connectivity index (χ0n) is 16.5. The van der Waals surface area contributed by atoms with Gasteiger partial charge in [-0.2, -0.15) is 0 Å². The highest BCUT2D eigenvalue weighted by Gasteiger charge is 2.16. The number of hydrogen-bond acceptors (Lipinski definition) is 4. The fourth-order valence-corrected chi connectivity index (χ4v) is 4.65. The molecule has 0 fully saturated rings. The van der Waals surface area contributed by atoms with Crippen molar-refractivity contribution in [3.05, 3.63) is 115 Å². The van der Waals surface area contributed by atoms with Crippen LogP contribution in [0, 0.1) is 0 Å². The van der Waals surface area contributed by atoms with Crippen LogP contribution in [0.2, 0.25) is 0 Å². The van der Waals surface area contributed by atoms with Gasteiger partial charge >= 0.3 is 0 Å². The van der Waals surface area contributed by atoms with Crippen molar-refractivity contribution in [2.45, 2.75) is 13.1 Å². The summed E-state index contributed by atoms with van der Waals surface area (Å²) in [7, 11) is 0. The Balaban J connectivity index is 1.58. The lowest BCUT2D eigenvalue weighted by Gasteiger charge is -2.24. The molecule has 5 rings (SSSR count). The van der Waals surface area contributed by atoms with E-state index in [9.17, 15) is 0 Å². The fourth-order valence-electron chi connectivity index (χ4n) is 3.65. The van der Waals surface area contributed by atoms with E-state index in [2.05, 4.69) is 101 Å². The average Bonchev–Trinajstić information content (AvgIpc) is 3.25. The van der Waals surface area contributed by atoms with Gasteiger partial charge in [-0.25, -0.2) is 9.97 Å². The van der Waals surface area contributed by atoms with Gasteiger partial charge in [-0.05, 0) is 22.8 Å². The molecule has 0 aliphatic carbocycles. The molecular formula is C26H21N3S. The molecule has 0 N–H and O–H groups in total. The van der Waals surface area contributed by atoms with E-state index in [4.69, 9.17) is 4.98 Å².